The van der Waals surface area contributed by atoms with Crippen LogP contribution < -0.4 is 0 Å². The van der Waals surface area contributed by atoms with Crippen LogP contribution in [0.3, 0.4) is 0 Å². The number of rotatable bonds is 1. The lowest BCUT2D eigenvalue weighted by Crippen LogP contribution is -1.85. The fraction of sp³-hybridized carbons (Fsp3) is 0.0909. The molecule has 2 heterocycles. The molecule has 14 heavy (non-hydrogen) atoms. The van der Waals surface area contributed by atoms with Crippen LogP contribution in [0.5, 0.6) is 0 Å². The Labute approximate surface area is 87.6 Å². The highest BCUT2D eigenvalue weighted by Crippen LogP contribution is 2.19. The smallest absolute Gasteiger partial charge is 0.0717 e. The Balaban J connectivity index is 2.49. The van der Waals surface area contributed by atoms with Crippen molar-refractivity contribution in [3.8, 4) is 11.3 Å². The molecule has 3 heteroatoms. The molecule has 0 unspecified atom stereocenters. The van der Waals surface area contributed by atoms with Gasteiger partial charge in [0.15, 0.2) is 0 Å². The number of hydrogen-bond donors (Lipinski definition) is 0. The number of nitrogens with zero attached hydrogens (tertiary/aromatic N) is 2. The van der Waals surface area contributed by atoms with Gasteiger partial charge in [-0.3, -0.25) is 9.97 Å². The Bertz CT molecular complexity index is 411. The highest BCUT2D eigenvalue weighted by atomic mass is 35.5. The van der Waals surface area contributed by atoms with Crippen LogP contribution in [0.25, 0.3) is 11.3 Å². The average Bonchev–Trinajstić information content (AvgIpc) is 2.18. The molecule has 0 N–H and O–H groups in total. The third-order valence-electron chi connectivity index (χ3n) is 1.91. The van der Waals surface area contributed by atoms with Crippen LogP contribution in [0.15, 0.2) is 36.7 Å². The lowest BCUT2D eigenvalue weighted by atomic mass is 10.1. The van der Waals surface area contributed by atoms with Gasteiger partial charge in [0.1, 0.15) is 0 Å². The zero-order valence-electron chi connectivity index (χ0n) is 7.74. The van der Waals surface area contributed by atoms with E-state index >= 15 is 0 Å². The summed E-state index contributed by atoms with van der Waals surface area (Å²) in [7, 11) is 0. The van der Waals surface area contributed by atoms with Crippen LogP contribution in [-0.4, -0.2) is 9.97 Å². The van der Waals surface area contributed by atoms with Crippen molar-refractivity contribution in [2.45, 2.75) is 6.92 Å². The highest BCUT2D eigenvalue weighted by molar-refractivity contribution is 6.30. The third-order valence-corrected chi connectivity index (χ3v) is 2.15. The quantitative estimate of drug-likeness (QED) is 0.714. The van der Waals surface area contributed by atoms with Crippen LogP contribution >= 0.6 is 11.6 Å². The largest absolute Gasteiger partial charge is 0.262 e. The second-order valence-electron chi connectivity index (χ2n) is 3.05. The van der Waals surface area contributed by atoms with E-state index in [9.17, 15) is 0 Å². The first-order chi connectivity index (χ1) is 6.75. The Kier molecular flexibility index (Phi) is 2.46. The third kappa shape index (κ3) is 1.91. The van der Waals surface area contributed by atoms with Gasteiger partial charge >= 0.3 is 0 Å². The second-order valence-corrected chi connectivity index (χ2v) is 3.48. The Morgan fingerprint density at radius 2 is 1.86 bits per heavy atom. The first-order valence-corrected chi connectivity index (χ1v) is 4.68. The second kappa shape index (κ2) is 3.76. The molecular formula is C11H9ClN2. The van der Waals surface area contributed by atoms with Gasteiger partial charge in [0, 0.05) is 28.7 Å². The predicted octanol–water partition coefficient (Wildman–Crippen LogP) is 3.11. The van der Waals surface area contributed by atoms with Crippen molar-refractivity contribution in [1.29, 1.82) is 0 Å². The summed E-state index contributed by atoms with van der Waals surface area (Å²) < 4.78 is 0. The Morgan fingerprint density at radius 3 is 2.57 bits per heavy atom. The van der Waals surface area contributed by atoms with Gasteiger partial charge in [-0.1, -0.05) is 11.6 Å². The van der Waals surface area contributed by atoms with Crippen LogP contribution in [0.2, 0.25) is 5.02 Å². The van der Waals surface area contributed by atoms with Crippen molar-refractivity contribution in [3.05, 3.63) is 47.4 Å². The number of pyridine rings is 2. The summed E-state index contributed by atoms with van der Waals surface area (Å²) in [6.45, 7) is 1.95. The summed E-state index contributed by atoms with van der Waals surface area (Å²) >= 11 is 5.88. The van der Waals surface area contributed by atoms with Gasteiger partial charge in [-0.15, -0.1) is 0 Å². The van der Waals surface area contributed by atoms with Crippen molar-refractivity contribution in [2.75, 3.05) is 0 Å². The highest BCUT2D eigenvalue weighted by Gasteiger charge is 1.99. The maximum absolute atomic E-state index is 5.88. The Hall–Kier alpha value is -1.41. The minimum absolute atomic E-state index is 0.699. The van der Waals surface area contributed by atoms with E-state index in [1.54, 1.807) is 18.5 Å². The van der Waals surface area contributed by atoms with E-state index in [0.29, 0.717) is 5.02 Å². The van der Waals surface area contributed by atoms with Crippen LogP contribution in [0.4, 0.5) is 0 Å². The van der Waals surface area contributed by atoms with Crippen molar-refractivity contribution in [2.24, 2.45) is 0 Å². The Morgan fingerprint density at radius 1 is 1.07 bits per heavy atom. The molecule has 0 saturated carbocycles. The summed E-state index contributed by atoms with van der Waals surface area (Å²) in [5.41, 5.74) is 2.90. The van der Waals surface area contributed by atoms with E-state index in [4.69, 9.17) is 11.6 Å². The van der Waals surface area contributed by atoms with Gasteiger partial charge < -0.3 is 0 Å². The summed E-state index contributed by atoms with van der Waals surface area (Å²) in [5.74, 6) is 0. The monoisotopic (exact) mass is 204 g/mol. The van der Waals surface area contributed by atoms with Gasteiger partial charge in [0.2, 0.25) is 0 Å². The molecule has 0 radical (unpaired) electrons. The predicted molar refractivity (Wildman–Crippen MR) is 57.2 cm³/mol. The molecule has 0 bridgehead atoms. The van der Waals surface area contributed by atoms with Crippen LogP contribution in [-0.2, 0) is 0 Å². The molecule has 0 aliphatic rings. The normalized spacial score (nSPS) is 10.1. The molecule has 2 aromatic rings. The first-order valence-electron chi connectivity index (χ1n) is 4.30. The van der Waals surface area contributed by atoms with Crippen molar-refractivity contribution < 1.29 is 0 Å². The van der Waals surface area contributed by atoms with Gasteiger partial charge in [0.25, 0.3) is 0 Å². The SMILES string of the molecule is Cc1cc(-c2cc(Cl)ccn2)ccn1. The van der Waals surface area contributed by atoms with E-state index in [0.717, 1.165) is 17.0 Å². The molecule has 0 aromatic carbocycles. The molecule has 0 fully saturated rings. The van der Waals surface area contributed by atoms with E-state index in [1.807, 2.05) is 25.1 Å². The maximum Gasteiger partial charge on any atom is 0.0717 e. The molecule has 2 rings (SSSR count). The van der Waals surface area contributed by atoms with E-state index in [-0.39, 0.29) is 0 Å². The minimum Gasteiger partial charge on any atom is -0.262 e. The molecule has 0 atom stereocenters. The molecule has 0 amide bonds. The molecule has 0 aliphatic carbocycles. The summed E-state index contributed by atoms with van der Waals surface area (Å²) in [5, 5.41) is 0.699. The average molecular weight is 205 g/mol. The number of halogens is 1. The topological polar surface area (TPSA) is 25.8 Å². The van der Waals surface area contributed by atoms with Crippen LogP contribution in [0, 0.1) is 6.92 Å². The minimum atomic E-state index is 0.699. The van der Waals surface area contributed by atoms with Crippen LogP contribution in [0.1, 0.15) is 5.69 Å². The molecule has 2 nitrogen and oxygen atoms in total. The van der Waals surface area contributed by atoms with Gasteiger partial charge in [-0.05, 0) is 31.2 Å². The first kappa shape index (κ1) is 9.16. The number of hydrogen-bond acceptors (Lipinski definition) is 2. The van der Waals surface area contributed by atoms with Gasteiger partial charge in [-0.25, -0.2) is 0 Å². The molecule has 0 spiro atoms. The number of aromatic nitrogens is 2. The van der Waals surface area contributed by atoms with Gasteiger partial charge in [-0.2, -0.15) is 0 Å². The summed E-state index contributed by atoms with van der Waals surface area (Å²) in [4.78, 5) is 8.37. The fourth-order valence-electron chi connectivity index (χ4n) is 1.27. The van der Waals surface area contributed by atoms with Crippen molar-refractivity contribution in [1.82, 2.24) is 9.97 Å². The standard InChI is InChI=1S/C11H9ClN2/c1-8-6-9(2-4-13-8)11-7-10(12)3-5-14-11/h2-7H,1H3. The van der Waals surface area contributed by atoms with E-state index < -0.39 is 0 Å². The summed E-state index contributed by atoms with van der Waals surface area (Å²) in [6, 6.07) is 7.51. The molecule has 0 aliphatic heterocycles. The van der Waals surface area contributed by atoms with Crippen molar-refractivity contribution >= 4 is 11.6 Å². The lowest BCUT2D eigenvalue weighted by Gasteiger charge is -2.01. The zero-order chi connectivity index (χ0) is 9.97. The van der Waals surface area contributed by atoms with Gasteiger partial charge in [0.05, 0.1) is 5.69 Å². The molecular weight excluding hydrogens is 196 g/mol. The number of aryl methyl sites for hydroxylation is 1. The fourth-order valence-corrected chi connectivity index (χ4v) is 1.43. The lowest BCUT2D eigenvalue weighted by molar-refractivity contribution is 1.19. The van der Waals surface area contributed by atoms with Crippen molar-refractivity contribution in [3.63, 3.8) is 0 Å². The zero-order valence-corrected chi connectivity index (χ0v) is 8.49. The maximum atomic E-state index is 5.88. The molecule has 2 aromatic heterocycles. The van der Waals surface area contributed by atoms with E-state index in [1.165, 1.54) is 0 Å². The molecule has 0 saturated heterocycles. The summed E-state index contributed by atoms with van der Waals surface area (Å²) in [6.07, 6.45) is 3.47. The molecule has 70 valence electrons. The van der Waals surface area contributed by atoms with E-state index in [2.05, 4.69) is 9.97 Å².